The molecule has 0 unspecified atom stereocenters. The Hall–Kier alpha value is -3.03. The van der Waals surface area contributed by atoms with Gasteiger partial charge in [-0.1, -0.05) is 29.4 Å². The molecule has 0 radical (unpaired) electrons. The molecule has 0 saturated carbocycles. The van der Waals surface area contributed by atoms with E-state index in [4.69, 9.17) is 4.52 Å². The van der Waals surface area contributed by atoms with Gasteiger partial charge in [-0.2, -0.15) is 4.98 Å². The molecule has 1 aliphatic rings. The Kier molecular flexibility index (Phi) is 6.21. The molecule has 1 saturated heterocycles. The van der Waals surface area contributed by atoms with Gasteiger partial charge in [0.05, 0.1) is 6.10 Å². The molecule has 0 spiro atoms. The van der Waals surface area contributed by atoms with E-state index in [1.54, 1.807) is 31.2 Å². The summed E-state index contributed by atoms with van der Waals surface area (Å²) in [7, 11) is 0. The lowest BCUT2D eigenvalue weighted by Crippen LogP contribution is -2.35. The third-order valence-corrected chi connectivity index (χ3v) is 5.36. The van der Waals surface area contributed by atoms with Gasteiger partial charge in [0, 0.05) is 37.3 Å². The maximum absolute atomic E-state index is 12.4. The monoisotopic (exact) mass is 406 g/mol. The summed E-state index contributed by atoms with van der Waals surface area (Å²) in [6, 6.07) is 15.4. The number of aromatic nitrogens is 2. The fraction of sp³-hybridized carbons (Fsp3) is 0.348. The molecule has 1 aliphatic heterocycles. The number of rotatable bonds is 6. The zero-order chi connectivity index (χ0) is 20.9. The quantitative estimate of drug-likeness (QED) is 0.654. The first-order valence-electron chi connectivity index (χ1n) is 10.2. The summed E-state index contributed by atoms with van der Waals surface area (Å²) in [5.74, 6) is 0.895. The SMILES string of the molecule is Cc1noc(-c2ccc(C(=O)NCc3ccc(CN4CCC(O)CC4)cc3)cc2)n1. The van der Waals surface area contributed by atoms with Crippen LogP contribution in [0.2, 0.25) is 0 Å². The number of nitrogens with zero attached hydrogens (tertiary/aromatic N) is 3. The number of aliphatic hydroxyl groups excluding tert-OH is 1. The molecule has 4 rings (SSSR count). The lowest BCUT2D eigenvalue weighted by molar-refractivity contribution is 0.0792. The van der Waals surface area contributed by atoms with E-state index in [2.05, 4.69) is 44.6 Å². The zero-order valence-corrected chi connectivity index (χ0v) is 17.0. The molecule has 0 atom stereocenters. The largest absolute Gasteiger partial charge is 0.393 e. The van der Waals surface area contributed by atoms with Gasteiger partial charge in [0.15, 0.2) is 5.82 Å². The average Bonchev–Trinajstić information content (AvgIpc) is 3.21. The Labute approximate surface area is 175 Å². The van der Waals surface area contributed by atoms with Gasteiger partial charge in [-0.15, -0.1) is 0 Å². The van der Waals surface area contributed by atoms with Gasteiger partial charge in [0.1, 0.15) is 0 Å². The molecule has 0 bridgehead atoms. The second kappa shape index (κ2) is 9.19. The molecule has 7 heteroatoms. The molecule has 3 aromatic rings. The van der Waals surface area contributed by atoms with Crippen molar-refractivity contribution in [3.05, 3.63) is 71.0 Å². The normalized spacial score (nSPS) is 15.3. The molecule has 1 amide bonds. The Morgan fingerprint density at radius 1 is 1.10 bits per heavy atom. The van der Waals surface area contributed by atoms with Crippen LogP contribution in [-0.2, 0) is 13.1 Å². The number of nitrogens with one attached hydrogen (secondary N) is 1. The fourth-order valence-electron chi connectivity index (χ4n) is 3.56. The molecule has 30 heavy (non-hydrogen) atoms. The van der Waals surface area contributed by atoms with E-state index in [9.17, 15) is 9.90 Å². The van der Waals surface area contributed by atoms with E-state index in [1.165, 1.54) is 5.56 Å². The standard InChI is InChI=1S/C23H26N4O3/c1-16-25-23(30-26-16)20-8-6-19(7-9-20)22(29)24-14-17-2-4-18(5-3-17)15-27-12-10-21(28)11-13-27/h2-9,21,28H,10-15H2,1H3,(H,24,29). The van der Waals surface area contributed by atoms with Gasteiger partial charge in [-0.05, 0) is 55.2 Å². The molecule has 2 heterocycles. The van der Waals surface area contributed by atoms with E-state index < -0.39 is 0 Å². The van der Waals surface area contributed by atoms with Crippen LogP contribution in [0.5, 0.6) is 0 Å². The van der Waals surface area contributed by atoms with Crippen molar-refractivity contribution < 1.29 is 14.4 Å². The third-order valence-electron chi connectivity index (χ3n) is 5.36. The number of likely N-dealkylation sites (tertiary alicyclic amines) is 1. The number of carbonyl (C=O) groups excluding carboxylic acids is 1. The third kappa shape index (κ3) is 5.11. The van der Waals surface area contributed by atoms with Gasteiger partial charge in [0.2, 0.25) is 0 Å². The zero-order valence-electron chi connectivity index (χ0n) is 17.0. The topological polar surface area (TPSA) is 91.5 Å². The van der Waals surface area contributed by atoms with Crippen molar-refractivity contribution >= 4 is 5.91 Å². The first kappa shape index (κ1) is 20.3. The van der Waals surface area contributed by atoms with Crippen LogP contribution in [0.3, 0.4) is 0 Å². The van der Waals surface area contributed by atoms with E-state index in [-0.39, 0.29) is 12.0 Å². The van der Waals surface area contributed by atoms with Crippen LogP contribution in [0.25, 0.3) is 11.5 Å². The number of benzene rings is 2. The molecule has 7 nitrogen and oxygen atoms in total. The van der Waals surface area contributed by atoms with Crippen molar-refractivity contribution in [2.45, 2.75) is 39.0 Å². The van der Waals surface area contributed by atoms with Crippen LogP contribution in [0.1, 0.15) is 40.2 Å². The molecule has 1 aromatic heterocycles. The van der Waals surface area contributed by atoms with Gasteiger partial charge < -0.3 is 14.9 Å². The molecule has 2 aromatic carbocycles. The predicted octanol–water partition coefficient (Wildman–Crippen LogP) is 2.93. The number of carbonyl (C=O) groups is 1. The summed E-state index contributed by atoms with van der Waals surface area (Å²) in [4.78, 5) is 19.0. The highest BCUT2D eigenvalue weighted by molar-refractivity contribution is 5.94. The number of piperidine rings is 1. The number of hydrogen-bond acceptors (Lipinski definition) is 6. The molecular formula is C23H26N4O3. The average molecular weight is 406 g/mol. The van der Waals surface area contributed by atoms with Crippen molar-refractivity contribution in [1.29, 1.82) is 0 Å². The molecule has 156 valence electrons. The Morgan fingerprint density at radius 3 is 2.40 bits per heavy atom. The summed E-state index contributed by atoms with van der Waals surface area (Å²) >= 11 is 0. The van der Waals surface area contributed by atoms with Crippen LogP contribution >= 0.6 is 0 Å². The fourth-order valence-corrected chi connectivity index (χ4v) is 3.56. The second-order valence-corrected chi connectivity index (χ2v) is 7.73. The molecule has 2 N–H and O–H groups in total. The van der Waals surface area contributed by atoms with Crippen LogP contribution in [0.4, 0.5) is 0 Å². The second-order valence-electron chi connectivity index (χ2n) is 7.73. The van der Waals surface area contributed by atoms with E-state index in [0.29, 0.717) is 23.8 Å². The highest BCUT2D eigenvalue weighted by atomic mass is 16.5. The summed E-state index contributed by atoms with van der Waals surface area (Å²) in [6.45, 7) is 5.00. The number of hydrogen-bond donors (Lipinski definition) is 2. The highest BCUT2D eigenvalue weighted by Crippen LogP contribution is 2.18. The van der Waals surface area contributed by atoms with Crippen LogP contribution in [0, 0.1) is 6.92 Å². The van der Waals surface area contributed by atoms with Crippen molar-refractivity contribution in [3.63, 3.8) is 0 Å². The van der Waals surface area contributed by atoms with Crippen molar-refractivity contribution in [3.8, 4) is 11.5 Å². The minimum absolute atomic E-state index is 0.126. The number of amides is 1. The highest BCUT2D eigenvalue weighted by Gasteiger charge is 2.16. The lowest BCUT2D eigenvalue weighted by atomic mass is 10.1. The predicted molar refractivity (Wildman–Crippen MR) is 113 cm³/mol. The Bertz CT molecular complexity index is 974. The summed E-state index contributed by atoms with van der Waals surface area (Å²) in [5.41, 5.74) is 3.66. The van der Waals surface area contributed by atoms with E-state index in [0.717, 1.165) is 43.6 Å². The lowest BCUT2D eigenvalue weighted by Gasteiger charge is -2.29. The number of aliphatic hydroxyl groups is 1. The first-order valence-corrected chi connectivity index (χ1v) is 10.2. The molecule has 1 fully saturated rings. The Morgan fingerprint density at radius 2 is 1.77 bits per heavy atom. The Balaban J connectivity index is 1.28. The first-order chi connectivity index (χ1) is 14.6. The smallest absolute Gasteiger partial charge is 0.257 e. The van der Waals surface area contributed by atoms with Gasteiger partial charge in [-0.3, -0.25) is 9.69 Å². The van der Waals surface area contributed by atoms with Crippen molar-refractivity contribution in [2.24, 2.45) is 0 Å². The van der Waals surface area contributed by atoms with E-state index in [1.807, 2.05) is 0 Å². The van der Waals surface area contributed by atoms with Crippen molar-refractivity contribution in [1.82, 2.24) is 20.4 Å². The maximum atomic E-state index is 12.4. The van der Waals surface area contributed by atoms with Crippen LogP contribution in [-0.4, -0.2) is 45.2 Å². The van der Waals surface area contributed by atoms with Crippen molar-refractivity contribution in [2.75, 3.05) is 13.1 Å². The minimum atomic E-state index is -0.147. The summed E-state index contributed by atoms with van der Waals surface area (Å²) in [6.07, 6.45) is 1.55. The molecular weight excluding hydrogens is 380 g/mol. The number of aryl methyl sites for hydroxylation is 1. The maximum Gasteiger partial charge on any atom is 0.257 e. The van der Waals surface area contributed by atoms with Gasteiger partial charge in [0.25, 0.3) is 11.8 Å². The molecule has 0 aliphatic carbocycles. The van der Waals surface area contributed by atoms with Crippen LogP contribution < -0.4 is 5.32 Å². The van der Waals surface area contributed by atoms with Gasteiger partial charge >= 0.3 is 0 Å². The van der Waals surface area contributed by atoms with E-state index >= 15 is 0 Å². The summed E-state index contributed by atoms with van der Waals surface area (Å²) in [5, 5.41) is 16.3. The summed E-state index contributed by atoms with van der Waals surface area (Å²) < 4.78 is 5.14. The minimum Gasteiger partial charge on any atom is -0.393 e. The van der Waals surface area contributed by atoms with Gasteiger partial charge in [-0.25, -0.2) is 0 Å². The van der Waals surface area contributed by atoms with Crippen LogP contribution in [0.15, 0.2) is 53.1 Å².